The Morgan fingerprint density at radius 1 is 1.04 bits per heavy atom. The van der Waals surface area contributed by atoms with Crippen LogP contribution < -0.4 is 5.32 Å². The zero-order chi connectivity index (χ0) is 17.1. The average molecular weight is 398 g/mol. The topological polar surface area (TPSA) is 42.0 Å². The lowest BCUT2D eigenvalue weighted by atomic mass is 10.2. The smallest absolute Gasteiger partial charge is 0.230 e. The van der Waals surface area contributed by atoms with Gasteiger partial charge in [0.25, 0.3) is 0 Å². The molecular weight excluding hydrogens is 387 g/mol. The minimum atomic E-state index is -0.188. The minimum Gasteiger partial charge on any atom is -0.324 e. The number of amides is 1. The molecule has 3 aromatic rings. The van der Waals surface area contributed by atoms with Gasteiger partial charge in [0.05, 0.1) is 22.8 Å². The summed E-state index contributed by atoms with van der Waals surface area (Å²) in [4.78, 5) is 16.6. The summed E-state index contributed by atoms with van der Waals surface area (Å²) in [6.07, 6.45) is 0.170. The van der Waals surface area contributed by atoms with Crippen LogP contribution in [0, 0.1) is 0 Å². The van der Waals surface area contributed by atoms with E-state index in [1.165, 1.54) is 11.3 Å². The van der Waals surface area contributed by atoms with E-state index in [1.807, 2.05) is 29.6 Å². The number of hydrogen-bond donors (Lipinski definition) is 1. The fourth-order valence-corrected chi connectivity index (χ4v) is 3.47. The minimum absolute atomic E-state index is 0.170. The molecule has 0 saturated heterocycles. The molecule has 0 bridgehead atoms. The number of halogens is 3. The first-order valence-corrected chi connectivity index (χ1v) is 8.98. The molecule has 0 unspecified atom stereocenters. The molecule has 24 heavy (non-hydrogen) atoms. The van der Waals surface area contributed by atoms with Gasteiger partial charge in [0.1, 0.15) is 5.01 Å². The van der Waals surface area contributed by atoms with Crippen molar-refractivity contribution in [3.8, 4) is 10.6 Å². The molecule has 0 radical (unpaired) electrons. The van der Waals surface area contributed by atoms with Crippen LogP contribution in [-0.4, -0.2) is 10.9 Å². The van der Waals surface area contributed by atoms with Crippen LogP contribution in [0.1, 0.15) is 5.69 Å². The molecule has 0 saturated carbocycles. The molecule has 122 valence electrons. The number of rotatable bonds is 4. The standard InChI is InChI=1S/C17H11Cl3N2OS/c18-11-3-1-10(2-4-11)17-21-13(9-24-17)8-16(23)22-15-6-5-12(19)7-14(15)20/h1-7,9H,8H2,(H,22,23). The van der Waals surface area contributed by atoms with E-state index < -0.39 is 0 Å². The molecule has 3 nitrogen and oxygen atoms in total. The Kier molecular flexibility index (Phi) is 5.41. The maximum Gasteiger partial charge on any atom is 0.230 e. The zero-order valence-corrected chi connectivity index (χ0v) is 15.3. The first kappa shape index (κ1) is 17.2. The molecule has 7 heteroatoms. The molecule has 1 amide bonds. The first-order chi connectivity index (χ1) is 11.5. The van der Waals surface area contributed by atoms with Gasteiger partial charge in [-0.05, 0) is 30.3 Å². The van der Waals surface area contributed by atoms with Crippen molar-refractivity contribution in [2.45, 2.75) is 6.42 Å². The molecule has 0 aliphatic carbocycles. The van der Waals surface area contributed by atoms with Crippen LogP contribution in [0.4, 0.5) is 5.69 Å². The van der Waals surface area contributed by atoms with Crippen LogP contribution in [0.2, 0.25) is 15.1 Å². The second-order valence-electron chi connectivity index (χ2n) is 5.00. The van der Waals surface area contributed by atoms with E-state index >= 15 is 0 Å². The molecule has 0 aliphatic rings. The zero-order valence-electron chi connectivity index (χ0n) is 12.2. The Labute approximate surface area is 158 Å². The number of anilines is 1. The number of nitrogens with zero attached hydrogens (tertiary/aromatic N) is 1. The Morgan fingerprint density at radius 3 is 2.46 bits per heavy atom. The Hall–Kier alpha value is -1.59. The molecule has 0 atom stereocenters. The van der Waals surface area contributed by atoms with Gasteiger partial charge in [-0.25, -0.2) is 4.98 Å². The van der Waals surface area contributed by atoms with Gasteiger partial charge in [-0.15, -0.1) is 11.3 Å². The van der Waals surface area contributed by atoms with Crippen molar-refractivity contribution in [1.82, 2.24) is 4.98 Å². The highest BCUT2D eigenvalue weighted by Crippen LogP contribution is 2.27. The molecule has 1 aromatic heterocycles. The Bertz CT molecular complexity index is 878. The van der Waals surface area contributed by atoms with Gasteiger partial charge in [-0.2, -0.15) is 0 Å². The number of hydrogen-bond acceptors (Lipinski definition) is 3. The quantitative estimate of drug-likeness (QED) is 0.591. The second-order valence-corrected chi connectivity index (χ2v) is 7.14. The highest BCUT2D eigenvalue weighted by atomic mass is 35.5. The second kappa shape index (κ2) is 7.53. The SMILES string of the molecule is O=C(Cc1csc(-c2ccc(Cl)cc2)n1)Nc1ccc(Cl)cc1Cl. The first-order valence-electron chi connectivity index (χ1n) is 6.96. The van der Waals surface area contributed by atoms with Crippen LogP contribution in [0.15, 0.2) is 47.8 Å². The van der Waals surface area contributed by atoms with Crippen molar-refractivity contribution in [2.24, 2.45) is 0 Å². The Balaban J connectivity index is 1.68. The van der Waals surface area contributed by atoms with E-state index in [1.54, 1.807) is 18.2 Å². The van der Waals surface area contributed by atoms with Crippen molar-refractivity contribution in [2.75, 3.05) is 5.32 Å². The van der Waals surface area contributed by atoms with E-state index in [9.17, 15) is 4.79 Å². The number of thiazole rings is 1. The lowest BCUT2D eigenvalue weighted by molar-refractivity contribution is -0.115. The molecule has 0 spiro atoms. The van der Waals surface area contributed by atoms with Gasteiger partial charge in [0.2, 0.25) is 5.91 Å². The van der Waals surface area contributed by atoms with Gasteiger partial charge in [0.15, 0.2) is 0 Å². The number of aromatic nitrogens is 1. The summed E-state index contributed by atoms with van der Waals surface area (Å²) in [7, 11) is 0. The fraction of sp³-hybridized carbons (Fsp3) is 0.0588. The third kappa shape index (κ3) is 4.28. The molecule has 0 aliphatic heterocycles. The summed E-state index contributed by atoms with van der Waals surface area (Å²) in [5, 5.41) is 7.07. The van der Waals surface area contributed by atoms with Gasteiger partial charge in [-0.3, -0.25) is 4.79 Å². The van der Waals surface area contributed by atoms with E-state index in [2.05, 4.69) is 10.3 Å². The normalized spacial score (nSPS) is 10.6. The highest BCUT2D eigenvalue weighted by molar-refractivity contribution is 7.13. The molecular formula is C17H11Cl3N2OS. The number of benzene rings is 2. The average Bonchev–Trinajstić information content (AvgIpc) is 2.99. The van der Waals surface area contributed by atoms with Crippen LogP contribution >= 0.6 is 46.1 Å². The van der Waals surface area contributed by atoms with E-state index in [0.29, 0.717) is 26.4 Å². The van der Waals surface area contributed by atoms with Crippen LogP contribution in [0.3, 0.4) is 0 Å². The molecule has 1 heterocycles. The lowest BCUT2D eigenvalue weighted by Crippen LogP contribution is -2.14. The van der Waals surface area contributed by atoms with Gasteiger partial charge in [0, 0.05) is 21.0 Å². The summed E-state index contributed by atoms with van der Waals surface area (Å²) in [6.45, 7) is 0. The van der Waals surface area contributed by atoms with E-state index in [0.717, 1.165) is 10.6 Å². The summed E-state index contributed by atoms with van der Waals surface area (Å²) in [6, 6.07) is 12.4. The molecule has 0 fully saturated rings. The van der Waals surface area contributed by atoms with Crippen LogP contribution in [0.5, 0.6) is 0 Å². The van der Waals surface area contributed by atoms with Crippen molar-refractivity contribution in [3.05, 3.63) is 68.6 Å². The Morgan fingerprint density at radius 2 is 1.75 bits per heavy atom. The number of nitrogens with one attached hydrogen (secondary N) is 1. The highest BCUT2D eigenvalue weighted by Gasteiger charge is 2.11. The van der Waals surface area contributed by atoms with Crippen molar-refractivity contribution >= 4 is 57.7 Å². The third-order valence-corrected chi connectivity index (χ3v) is 4.93. The fourth-order valence-electron chi connectivity index (χ4n) is 2.06. The summed E-state index contributed by atoms with van der Waals surface area (Å²) in [5.74, 6) is -0.188. The van der Waals surface area contributed by atoms with Gasteiger partial charge >= 0.3 is 0 Å². The predicted octanol–water partition coefficient (Wildman–Crippen LogP) is 5.95. The lowest BCUT2D eigenvalue weighted by Gasteiger charge is -2.06. The molecule has 1 N–H and O–H groups in total. The summed E-state index contributed by atoms with van der Waals surface area (Å²) < 4.78 is 0. The monoisotopic (exact) mass is 396 g/mol. The predicted molar refractivity (Wildman–Crippen MR) is 101 cm³/mol. The maximum absolute atomic E-state index is 12.2. The number of carbonyl (C=O) groups is 1. The third-order valence-electron chi connectivity index (χ3n) is 3.19. The van der Waals surface area contributed by atoms with E-state index in [4.69, 9.17) is 34.8 Å². The summed E-state index contributed by atoms with van der Waals surface area (Å²) in [5.41, 5.74) is 2.20. The van der Waals surface area contributed by atoms with Gasteiger partial charge < -0.3 is 5.32 Å². The van der Waals surface area contributed by atoms with Crippen molar-refractivity contribution < 1.29 is 4.79 Å². The van der Waals surface area contributed by atoms with Crippen molar-refractivity contribution in [1.29, 1.82) is 0 Å². The van der Waals surface area contributed by atoms with Crippen molar-refractivity contribution in [3.63, 3.8) is 0 Å². The largest absolute Gasteiger partial charge is 0.324 e. The van der Waals surface area contributed by atoms with E-state index in [-0.39, 0.29) is 12.3 Å². The maximum atomic E-state index is 12.2. The van der Waals surface area contributed by atoms with Crippen LogP contribution in [-0.2, 0) is 11.2 Å². The number of carbonyl (C=O) groups excluding carboxylic acids is 1. The summed E-state index contributed by atoms with van der Waals surface area (Å²) >= 11 is 19.3. The van der Waals surface area contributed by atoms with Crippen LogP contribution in [0.25, 0.3) is 10.6 Å². The molecule has 3 rings (SSSR count). The van der Waals surface area contributed by atoms with Gasteiger partial charge in [-0.1, -0.05) is 46.9 Å². The molecule has 2 aromatic carbocycles.